The molecular weight excluding hydrogens is 382 g/mol. The molecule has 1 aromatic heterocycles. The fourth-order valence-corrected chi connectivity index (χ4v) is 6.04. The third kappa shape index (κ3) is 4.56. The van der Waals surface area contributed by atoms with Crippen LogP contribution in [0.5, 0.6) is 0 Å². The molecular formula is C19H25N3O3S2. The highest BCUT2D eigenvalue weighted by atomic mass is 32.2. The van der Waals surface area contributed by atoms with Gasteiger partial charge in [0.15, 0.2) is 0 Å². The number of thiazole rings is 1. The second-order valence-electron chi connectivity index (χ2n) is 7.03. The van der Waals surface area contributed by atoms with Crippen LogP contribution in [0, 0.1) is 13.8 Å². The Morgan fingerprint density at radius 2 is 2.00 bits per heavy atom. The standard InChI is InChI=1S/C19H25N3O3S2/c1-13-4-5-14(2)18(10-13)27(24,25)22-8-6-16(7-9-22)19-21-17(12-26-19)11-20-15(3)23/h4-5,10,12,16H,6-9,11H2,1-3H3,(H,20,23). The maximum atomic E-state index is 13.0. The molecule has 3 rings (SSSR count). The molecule has 27 heavy (non-hydrogen) atoms. The highest BCUT2D eigenvalue weighted by molar-refractivity contribution is 7.89. The summed E-state index contributed by atoms with van der Waals surface area (Å²) in [7, 11) is -3.46. The molecule has 1 N–H and O–H groups in total. The van der Waals surface area contributed by atoms with E-state index in [0.29, 0.717) is 24.5 Å². The van der Waals surface area contributed by atoms with Gasteiger partial charge < -0.3 is 5.32 Å². The number of carbonyl (C=O) groups is 1. The van der Waals surface area contributed by atoms with E-state index in [1.165, 1.54) is 6.92 Å². The average Bonchev–Trinajstić information content (AvgIpc) is 3.11. The number of aryl methyl sites for hydroxylation is 2. The molecule has 146 valence electrons. The van der Waals surface area contributed by atoms with Gasteiger partial charge in [-0.1, -0.05) is 12.1 Å². The van der Waals surface area contributed by atoms with Gasteiger partial charge >= 0.3 is 0 Å². The van der Waals surface area contributed by atoms with Gasteiger partial charge in [0.1, 0.15) is 0 Å². The van der Waals surface area contributed by atoms with Crippen molar-refractivity contribution in [3.05, 3.63) is 45.4 Å². The van der Waals surface area contributed by atoms with Gasteiger partial charge in [-0.3, -0.25) is 4.79 Å². The average molecular weight is 408 g/mol. The molecule has 0 radical (unpaired) electrons. The lowest BCUT2D eigenvalue weighted by atomic mass is 9.99. The maximum absolute atomic E-state index is 13.0. The molecule has 1 fully saturated rings. The highest BCUT2D eigenvalue weighted by Crippen LogP contribution is 2.33. The minimum atomic E-state index is -3.46. The first kappa shape index (κ1) is 20.0. The third-order valence-electron chi connectivity index (χ3n) is 4.85. The Kier molecular flexibility index (Phi) is 5.98. The minimum Gasteiger partial charge on any atom is -0.351 e. The Balaban J connectivity index is 1.66. The van der Waals surface area contributed by atoms with Gasteiger partial charge in [-0.25, -0.2) is 13.4 Å². The van der Waals surface area contributed by atoms with Crippen molar-refractivity contribution in [3.8, 4) is 0 Å². The number of aromatic nitrogens is 1. The first-order chi connectivity index (χ1) is 12.8. The van der Waals surface area contributed by atoms with E-state index in [-0.39, 0.29) is 11.8 Å². The van der Waals surface area contributed by atoms with Gasteiger partial charge in [-0.15, -0.1) is 11.3 Å². The maximum Gasteiger partial charge on any atom is 0.243 e. The van der Waals surface area contributed by atoms with Crippen LogP contribution in [0.3, 0.4) is 0 Å². The van der Waals surface area contributed by atoms with E-state index in [0.717, 1.165) is 34.7 Å². The smallest absolute Gasteiger partial charge is 0.243 e. The summed E-state index contributed by atoms with van der Waals surface area (Å²) >= 11 is 1.59. The van der Waals surface area contributed by atoms with E-state index in [2.05, 4.69) is 10.3 Å². The Hall–Kier alpha value is -1.77. The molecule has 0 spiro atoms. The predicted octanol–water partition coefficient (Wildman–Crippen LogP) is 2.96. The Morgan fingerprint density at radius 1 is 1.30 bits per heavy atom. The second kappa shape index (κ2) is 8.08. The molecule has 0 bridgehead atoms. The molecule has 0 aliphatic carbocycles. The molecule has 2 aromatic rings. The van der Waals surface area contributed by atoms with Gasteiger partial charge in [-0.05, 0) is 43.9 Å². The van der Waals surface area contributed by atoms with Crippen LogP contribution >= 0.6 is 11.3 Å². The molecule has 0 saturated carbocycles. The lowest BCUT2D eigenvalue weighted by molar-refractivity contribution is -0.119. The molecule has 1 aliphatic heterocycles. The molecule has 2 heterocycles. The zero-order chi connectivity index (χ0) is 19.6. The quantitative estimate of drug-likeness (QED) is 0.826. The fourth-order valence-electron chi connectivity index (χ4n) is 3.27. The molecule has 0 atom stereocenters. The van der Waals surface area contributed by atoms with Crippen molar-refractivity contribution in [3.63, 3.8) is 0 Å². The monoisotopic (exact) mass is 407 g/mol. The van der Waals surface area contributed by atoms with Crippen molar-refractivity contribution in [1.82, 2.24) is 14.6 Å². The number of sulfonamides is 1. The largest absolute Gasteiger partial charge is 0.351 e. The van der Waals surface area contributed by atoms with Crippen LogP contribution in [0.1, 0.15) is 47.5 Å². The van der Waals surface area contributed by atoms with E-state index in [1.807, 2.05) is 31.4 Å². The van der Waals surface area contributed by atoms with Gasteiger partial charge in [0.2, 0.25) is 15.9 Å². The van der Waals surface area contributed by atoms with Crippen molar-refractivity contribution >= 4 is 27.3 Å². The highest BCUT2D eigenvalue weighted by Gasteiger charge is 2.31. The molecule has 6 nitrogen and oxygen atoms in total. The summed E-state index contributed by atoms with van der Waals surface area (Å²) in [6.45, 7) is 6.67. The van der Waals surface area contributed by atoms with Crippen LogP contribution in [0.25, 0.3) is 0 Å². The lowest BCUT2D eigenvalue weighted by Gasteiger charge is -2.30. The van der Waals surface area contributed by atoms with E-state index >= 15 is 0 Å². The van der Waals surface area contributed by atoms with Gasteiger partial charge in [0.05, 0.1) is 22.1 Å². The first-order valence-electron chi connectivity index (χ1n) is 9.03. The summed E-state index contributed by atoms with van der Waals surface area (Å²) in [5.41, 5.74) is 2.59. The van der Waals surface area contributed by atoms with Gasteiger partial charge in [-0.2, -0.15) is 4.31 Å². The normalized spacial score (nSPS) is 16.4. The minimum absolute atomic E-state index is 0.0745. The number of nitrogens with zero attached hydrogens (tertiary/aromatic N) is 2. The summed E-state index contributed by atoms with van der Waals surface area (Å²) < 4.78 is 27.7. The van der Waals surface area contributed by atoms with Crippen molar-refractivity contribution < 1.29 is 13.2 Å². The number of piperidine rings is 1. The third-order valence-corrected chi connectivity index (χ3v) is 7.95. The van der Waals surface area contributed by atoms with Crippen molar-refractivity contribution in [2.75, 3.05) is 13.1 Å². The van der Waals surface area contributed by atoms with Crippen molar-refractivity contribution in [1.29, 1.82) is 0 Å². The second-order valence-corrected chi connectivity index (χ2v) is 9.83. The Morgan fingerprint density at radius 3 is 2.67 bits per heavy atom. The zero-order valence-corrected chi connectivity index (χ0v) is 17.5. The molecule has 1 saturated heterocycles. The van der Waals surface area contributed by atoms with Crippen LogP contribution in [0.15, 0.2) is 28.5 Å². The number of benzene rings is 1. The van der Waals surface area contributed by atoms with Gasteiger partial charge in [0, 0.05) is 31.3 Å². The first-order valence-corrected chi connectivity index (χ1v) is 11.4. The fraction of sp³-hybridized carbons (Fsp3) is 0.474. The number of rotatable bonds is 5. The summed E-state index contributed by atoms with van der Waals surface area (Å²) in [4.78, 5) is 16.0. The number of hydrogen-bond donors (Lipinski definition) is 1. The van der Waals surface area contributed by atoms with E-state index < -0.39 is 10.0 Å². The molecule has 8 heteroatoms. The Labute approximate surface area is 164 Å². The van der Waals surface area contributed by atoms with Crippen molar-refractivity contribution in [2.45, 2.75) is 51.0 Å². The van der Waals surface area contributed by atoms with Crippen LogP contribution in [-0.2, 0) is 21.4 Å². The molecule has 1 aromatic carbocycles. The van der Waals surface area contributed by atoms with E-state index in [4.69, 9.17) is 0 Å². The molecule has 1 aliphatic rings. The summed E-state index contributed by atoms with van der Waals surface area (Å²) in [5.74, 6) is 0.195. The predicted molar refractivity (Wildman–Crippen MR) is 106 cm³/mol. The summed E-state index contributed by atoms with van der Waals surface area (Å²) in [6, 6.07) is 5.55. The lowest BCUT2D eigenvalue weighted by Crippen LogP contribution is -2.38. The van der Waals surface area contributed by atoms with Crippen LogP contribution < -0.4 is 5.32 Å². The van der Waals surface area contributed by atoms with Crippen LogP contribution in [-0.4, -0.2) is 36.7 Å². The SMILES string of the molecule is CC(=O)NCc1csc(C2CCN(S(=O)(=O)c3cc(C)ccc3C)CC2)n1. The van der Waals surface area contributed by atoms with Crippen LogP contribution in [0.2, 0.25) is 0 Å². The topological polar surface area (TPSA) is 79.4 Å². The number of amides is 1. The number of carbonyl (C=O) groups excluding carboxylic acids is 1. The summed E-state index contributed by atoms with van der Waals surface area (Å²) in [6.07, 6.45) is 1.52. The van der Waals surface area contributed by atoms with E-state index in [1.54, 1.807) is 21.7 Å². The van der Waals surface area contributed by atoms with Crippen LogP contribution in [0.4, 0.5) is 0 Å². The van der Waals surface area contributed by atoms with Gasteiger partial charge in [0.25, 0.3) is 0 Å². The summed E-state index contributed by atoms with van der Waals surface area (Å²) in [5, 5.41) is 5.74. The Bertz CT molecular complexity index is 929. The molecule has 1 amide bonds. The van der Waals surface area contributed by atoms with E-state index in [9.17, 15) is 13.2 Å². The number of nitrogens with one attached hydrogen (secondary N) is 1. The zero-order valence-electron chi connectivity index (χ0n) is 15.9. The number of hydrogen-bond acceptors (Lipinski definition) is 5. The van der Waals surface area contributed by atoms with Crippen molar-refractivity contribution in [2.24, 2.45) is 0 Å². The molecule has 0 unspecified atom stereocenters.